The summed E-state index contributed by atoms with van der Waals surface area (Å²) in [4.78, 5) is 20.6. The topological polar surface area (TPSA) is 80.3 Å². The molecule has 1 aromatic rings. The van der Waals surface area contributed by atoms with E-state index in [1.54, 1.807) is 0 Å². The summed E-state index contributed by atoms with van der Waals surface area (Å²) in [7, 11) is 0. The molecule has 0 N–H and O–H groups in total. The van der Waals surface area contributed by atoms with Crippen molar-refractivity contribution in [2.24, 2.45) is 0 Å². The Morgan fingerprint density at radius 3 is 1.67 bits per heavy atom. The van der Waals surface area contributed by atoms with E-state index >= 15 is 0 Å². The van der Waals surface area contributed by atoms with Crippen molar-refractivity contribution in [3.63, 3.8) is 0 Å². The van der Waals surface area contributed by atoms with E-state index in [9.17, 15) is 19.8 Å². The fraction of sp³-hybridized carbons (Fsp3) is 0.333. The summed E-state index contributed by atoms with van der Waals surface area (Å²) in [5.74, 6) is -3.04. The number of carboxylic acids is 2. The average molecular weight is 348 g/mol. The number of carbonyl (C=O) groups excluding carboxylic acids is 2. The number of benzene rings is 1. The zero-order valence-corrected chi connectivity index (χ0v) is 11.6. The minimum atomic E-state index is -1.52. The van der Waals surface area contributed by atoms with Crippen molar-refractivity contribution in [2.75, 3.05) is 0 Å². The molecule has 0 atom stereocenters. The van der Waals surface area contributed by atoms with Crippen molar-refractivity contribution in [3.05, 3.63) is 35.4 Å². The van der Waals surface area contributed by atoms with Gasteiger partial charge in [0.05, 0.1) is 11.9 Å². The van der Waals surface area contributed by atoms with E-state index in [4.69, 9.17) is 16.0 Å². The molecule has 106 valence electrons. The molecule has 0 aromatic heterocycles. The molecule has 0 spiro atoms. The Morgan fingerprint density at radius 1 is 1.11 bits per heavy atom. The van der Waals surface area contributed by atoms with Crippen LogP contribution in [0.25, 0.3) is 0 Å². The molecule has 0 saturated carbocycles. The summed E-state index contributed by atoms with van der Waals surface area (Å²) in [5.41, 5.74) is -0.727. The summed E-state index contributed by atoms with van der Waals surface area (Å²) < 4.78 is 0. The molecule has 18 heavy (non-hydrogen) atoms. The van der Waals surface area contributed by atoms with Crippen molar-refractivity contribution < 1.29 is 52.9 Å². The molecule has 0 aliphatic heterocycles. The Hall–Kier alpha value is -0.801. The molecule has 0 aliphatic carbocycles. The van der Waals surface area contributed by atoms with Gasteiger partial charge in [0.15, 0.2) is 0 Å². The van der Waals surface area contributed by atoms with Crippen LogP contribution in [0.2, 0.25) is 5.32 Å². The smallest absolute Gasteiger partial charge is 0.545 e. The zero-order valence-electron chi connectivity index (χ0n) is 9.67. The predicted octanol–water partition coefficient (Wildman–Crippen LogP) is 0.163. The molecule has 0 amide bonds. The van der Waals surface area contributed by atoms with Gasteiger partial charge in [0.1, 0.15) is 0 Å². The van der Waals surface area contributed by atoms with E-state index in [2.05, 4.69) is 6.92 Å². The normalized spacial score (nSPS) is 8.61. The van der Waals surface area contributed by atoms with Crippen molar-refractivity contribution >= 4 is 11.9 Å². The second-order valence-corrected chi connectivity index (χ2v) is 3.60. The molecule has 0 heterocycles. The molecule has 1 radical (unpaired) electrons. The van der Waals surface area contributed by atoms with Crippen molar-refractivity contribution in [3.8, 4) is 0 Å². The minimum absolute atomic E-state index is 0. The largest absolute Gasteiger partial charge is 2.00 e. The second-order valence-electron chi connectivity index (χ2n) is 3.12. The van der Waals surface area contributed by atoms with E-state index in [0.717, 1.165) is 17.5 Å². The van der Waals surface area contributed by atoms with Gasteiger partial charge in [-0.15, -0.1) is 0 Å². The maximum atomic E-state index is 10.3. The van der Waals surface area contributed by atoms with Gasteiger partial charge in [0.25, 0.3) is 0 Å². The molecule has 0 aliphatic rings. The second kappa shape index (κ2) is 11.3. The number of carboxylic acid groups (broad SMARTS) is 2. The van der Waals surface area contributed by atoms with Gasteiger partial charge in [-0.2, -0.15) is 0 Å². The Morgan fingerprint density at radius 2 is 1.50 bits per heavy atom. The first kappa shape index (κ1) is 19.5. The molecule has 1 rings (SSSR count). The number of carbonyl (C=O) groups is 2. The Balaban J connectivity index is 0. The molecule has 4 nitrogen and oxygen atoms in total. The van der Waals surface area contributed by atoms with Gasteiger partial charge >= 0.3 is 58.2 Å². The van der Waals surface area contributed by atoms with Crippen LogP contribution < -0.4 is 10.2 Å². The van der Waals surface area contributed by atoms with Crippen LogP contribution in [0.4, 0.5) is 0 Å². The van der Waals surface area contributed by atoms with Crippen LogP contribution in [0.1, 0.15) is 40.5 Å². The summed E-state index contributed by atoms with van der Waals surface area (Å²) in [6.07, 6.45) is 2.43. The van der Waals surface area contributed by atoms with Gasteiger partial charge in [-0.05, 0) is 0 Å². The minimum Gasteiger partial charge on any atom is -0.545 e. The Bertz CT molecular complexity index is 345. The molecular weight excluding hydrogens is 335 g/mol. The average Bonchev–Trinajstić information content (AvgIpc) is 2.30. The van der Waals surface area contributed by atoms with Crippen LogP contribution in [-0.4, -0.2) is 11.9 Å². The zero-order chi connectivity index (χ0) is 13.3. The van der Waals surface area contributed by atoms with E-state index in [1.807, 2.05) is 0 Å². The molecule has 0 unspecified atom stereocenters. The van der Waals surface area contributed by atoms with E-state index in [1.165, 1.54) is 25.0 Å². The number of hydrogen-bond acceptors (Lipinski definition) is 4. The maximum absolute atomic E-state index is 10.3. The Kier molecular flexibility index (Phi) is 12.3. The van der Waals surface area contributed by atoms with Gasteiger partial charge in [0.2, 0.25) is 0 Å². The number of aromatic carboxylic acids is 2. The maximum Gasteiger partial charge on any atom is 2.00 e. The molecule has 6 heteroatoms. The van der Waals surface area contributed by atoms with E-state index in [-0.39, 0.29) is 28.2 Å². The Labute approximate surface area is 125 Å². The molecule has 0 saturated heterocycles. The third-order valence-corrected chi connectivity index (χ3v) is 2.16. The van der Waals surface area contributed by atoms with Gasteiger partial charge in [-0.1, -0.05) is 24.3 Å². The summed E-state index contributed by atoms with van der Waals surface area (Å²) in [5, 5.41) is 21.6. The van der Waals surface area contributed by atoms with Crippen LogP contribution in [0.15, 0.2) is 24.3 Å². The standard InChI is InChI=1S/C8H6O4.C4H9.2Cu/c9-7(10)5-3-1-2-4-6(5)8(11)12;1-3-4-2;;/h1-4H,(H,9,10)(H,11,12);1,3-4H2,2H3;;/q;;+1;+2/p-2. The quantitative estimate of drug-likeness (QED) is 0.726. The van der Waals surface area contributed by atoms with Gasteiger partial charge < -0.3 is 19.8 Å². The number of rotatable bonds is 4. The summed E-state index contributed by atoms with van der Waals surface area (Å²) >= 11 is 4.77. The van der Waals surface area contributed by atoms with Crippen molar-refractivity contribution in [2.45, 2.75) is 25.1 Å². The van der Waals surface area contributed by atoms with Crippen LogP contribution in [0.3, 0.4) is 0 Å². The first-order valence-electron chi connectivity index (χ1n) is 5.06. The fourth-order valence-corrected chi connectivity index (χ4v) is 1.28. The van der Waals surface area contributed by atoms with E-state index in [0.29, 0.717) is 0 Å². The third-order valence-electron chi connectivity index (χ3n) is 1.83. The van der Waals surface area contributed by atoms with Crippen LogP contribution in [0, 0.1) is 0 Å². The van der Waals surface area contributed by atoms with Gasteiger partial charge in [-0.3, -0.25) is 0 Å². The van der Waals surface area contributed by atoms with Gasteiger partial charge in [-0.25, -0.2) is 0 Å². The third kappa shape index (κ3) is 7.51. The van der Waals surface area contributed by atoms with Crippen molar-refractivity contribution in [1.82, 2.24) is 0 Å². The fourth-order valence-electron chi connectivity index (χ4n) is 0.946. The summed E-state index contributed by atoms with van der Waals surface area (Å²) in [6.45, 7) is 2.14. The molecular formula is C12H13Cu2O4+. The van der Waals surface area contributed by atoms with Crippen LogP contribution in [-0.2, 0) is 33.1 Å². The van der Waals surface area contributed by atoms with Crippen LogP contribution >= 0.6 is 0 Å². The van der Waals surface area contributed by atoms with Gasteiger partial charge in [0, 0.05) is 11.1 Å². The SMILES string of the molecule is CCC[CH2][Cu+].O=C([O-])c1ccccc1C(=O)[O-].[Cu+2]. The molecule has 0 fully saturated rings. The predicted molar refractivity (Wildman–Crippen MR) is 54.8 cm³/mol. The molecule has 1 aromatic carbocycles. The first-order chi connectivity index (χ1) is 8.04. The number of unbranched alkanes of at least 4 members (excludes halogenated alkanes) is 1. The molecule has 0 bridgehead atoms. The van der Waals surface area contributed by atoms with Crippen molar-refractivity contribution in [1.29, 1.82) is 0 Å². The first-order valence-corrected chi connectivity index (χ1v) is 5.73. The summed E-state index contributed by atoms with van der Waals surface area (Å²) in [6, 6.07) is 5.14. The number of hydrogen-bond donors (Lipinski definition) is 0. The van der Waals surface area contributed by atoms with E-state index < -0.39 is 11.9 Å². The monoisotopic (exact) mass is 347 g/mol. The van der Waals surface area contributed by atoms with Crippen LogP contribution in [0.5, 0.6) is 0 Å².